The number of alkyl halides is 3. The van der Waals surface area contributed by atoms with Crippen LogP contribution in [0.2, 0.25) is 0 Å². The standard InChI is InChI=1S/C16H17F3N2/c1-3-4-6-12(2)9-15(16(17,18)19)21-14-8-5-7-13(10-14)11-20/h5-10,21H,3-4H2,1-2H3/b12-6-,15-9-. The molecule has 21 heavy (non-hydrogen) atoms. The van der Waals surface area contributed by atoms with E-state index >= 15 is 0 Å². The van der Waals surface area contributed by atoms with E-state index in [1.54, 1.807) is 13.0 Å². The van der Waals surface area contributed by atoms with Crippen molar-refractivity contribution in [1.29, 1.82) is 5.26 Å². The molecular formula is C16H17F3N2. The van der Waals surface area contributed by atoms with E-state index in [1.807, 2.05) is 13.0 Å². The largest absolute Gasteiger partial charge is 0.431 e. The summed E-state index contributed by atoms with van der Waals surface area (Å²) in [6.07, 6.45) is -0.0284. The van der Waals surface area contributed by atoms with E-state index in [4.69, 9.17) is 5.26 Å². The van der Waals surface area contributed by atoms with Crippen LogP contribution in [-0.4, -0.2) is 6.18 Å². The molecule has 1 rings (SSSR count). The number of nitrogens with one attached hydrogen (secondary N) is 1. The summed E-state index contributed by atoms with van der Waals surface area (Å²) < 4.78 is 39.1. The summed E-state index contributed by atoms with van der Waals surface area (Å²) >= 11 is 0. The van der Waals surface area contributed by atoms with Crippen molar-refractivity contribution in [1.82, 2.24) is 0 Å². The molecule has 0 fully saturated rings. The second-order valence-corrected chi connectivity index (χ2v) is 4.61. The maximum atomic E-state index is 13.0. The van der Waals surface area contributed by atoms with Gasteiger partial charge < -0.3 is 5.32 Å². The lowest BCUT2D eigenvalue weighted by atomic mass is 10.1. The Morgan fingerprint density at radius 3 is 2.67 bits per heavy atom. The third-order valence-electron chi connectivity index (χ3n) is 2.70. The number of anilines is 1. The van der Waals surface area contributed by atoms with Gasteiger partial charge >= 0.3 is 6.18 Å². The molecule has 2 nitrogen and oxygen atoms in total. The van der Waals surface area contributed by atoms with E-state index in [2.05, 4.69) is 5.32 Å². The first-order valence-corrected chi connectivity index (χ1v) is 6.59. The van der Waals surface area contributed by atoms with Crippen LogP contribution in [0.1, 0.15) is 32.3 Å². The van der Waals surface area contributed by atoms with E-state index in [-0.39, 0.29) is 5.69 Å². The summed E-state index contributed by atoms with van der Waals surface area (Å²) in [4.78, 5) is 0. The van der Waals surface area contributed by atoms with Crippen LogP contribution in [0.15, 0.2) is 47.7 Å². The Labute approximate surface area is 122 Å². The van der Waals surface area contributed by atoms with Crippen molar-refractivity contribution in [2.75, 3.05) is 5.32 Å². The average molecular weight is 294 g/mol. The van der Waals surface area contributed by atoms with Crippen molar-refractivity contribution < 1.29 is 13.2 Å². The fraction of sp³-hybridized carbons (Fsp3) is 0.312. The molecule has 0 radical (unpaired) electrons. The number of nitriles is 1. The number of hydrogen-bond donors (Lipinski definition) is 1. The van der Waals surface area contributed by atoms with Crippen LogP contribution < -0.4 is 5.32 Å². The minimum Gasteiger partial charge on any atom is -0.351 e. The van der Waals surface area contributed by atoms with Crippen LogP contribution in [0.25, 0.3) is 0 Å². The van der Waals surface area contributed by atoms with Crippen molar-refractivity contribution >= 4 is 5.69 Å². The van der Waals surface area contributed by atoms with E-state index < -0.39 is 11.9 Å². The van der Waals surface area contributed by atoms with Gasteiger partial charge in [-0.2, -0.15) is 18.4 Å². The highest BCUT2D eigenvalue weighted by atomic mass is 19.4. The van der Waals surface area contributed by atoms with Gasteiger partial charge in [-0.3, -0.25) is 0 Å². The molecule has 0 heterocycles. The first-order valence-electron chi connectivity index (χ1n) is 6.59. The second-order valence-electron chi connectivity index (χ2n) is 4.61. The number of rotatable bonds is 5. The van der Waals surface area contributed by atoms with Crippen molar-refractivity contribution in [3.8, 4) is 6.07 Å². The summed E-state index contributed by atoms with van der Waals surface area (Å²) in [7, 11) is 0. The number of halogens is 3. The van der Waals surface area contributed by atoms with Gasteiger partial charge in [-0.05, 0) is 37.6 Å². The van der Waals surface area contributed by atoms with Crippen molar-refractivity contribution in [2.45, 2.75) is 32.9 Å². The van der Waals surface area contributed by atoms with Gasteiger partial charge in [-0.15, -0.1) is 0 Å². The van der Waals surface area contributed by atoms with Crippen LogP contribution in [0.3, 0.4) is 0 Å². The monoisotopic (exact) mass is 294 g/mol. The summed E-state index contributed by atoms with van der Waals surface area (Å²) in [5.74, 6) is 0. The molecule has 0 saturated heterocycles. The fourth-order valence-electron chi connectivity index (χ4n) is 1.67. The Balaban J connectivity index is 3.05. The number of unbranched alkanes of at least 4 members (excludes halogenated alkanes) is 1. The van der Waals surface area contributed by atoms with Gasteiger partial charge in [0.25, 0.3) is 0 Å². The Hall–Kier alpha value is -2.22. The average Bonchev–Trinajstić information content (AvgIpc) is 2.43. The Bertz CT molecular complexity index is 578. The van der Waals surface area contributed by atoms with E-state index in [9.17, 15) is 13.2 Å². The fourth-order valence-corrected chi connectivity index (χ4v) is 1.67. The molecule has 0 aliphatic heterocycles. The van der Waals surface area contributed by atoms with Gasteiger partial charge in [0.15, 0.2) is 0 Å². The van der Waals surface area contributed by atoms with Crippen molar-refractivity contribution in [3.05, 3.63) is 53.3 Å². The zero-order chi connectivity index (χ0) is 15.9. The van der Waals surface area contributed by atoms with Gasteiger partial charge in [0, 0.05) is 5.69 Å². The third kappa shape index (κ3) is 5.74. The van der Waals surface area contributed by atoms with E-state index in [0.717, 1.165) is 18.9 Å². The number of allylic oxidation sites excluding steroid dienone is 4. The van der Waals surface area contributed by atoms with Crippen LogP contribution in [0.4, 0.5) is 18.9 Å². The number of benzene rings is 1. The Kier molecular flexibility index (Phi) is 6.04. The maximum absolute atomic E-state index is 13.0. The zero-order valence-electron chi connectivity index (χ0n) is 12.0. The van der Waals surface area contributed by atoms with E-state index in [1.165, 1.54) is 24.3 Å². The first-order chi connectivity index (χ1) is 9.86. The smallest absolute Gasteiger partial charge is 0.351 e. The molecule has 0 aliphatic rings. The second kappa shape index (κ2) is 7.53. The molecule has 0 bridgehead atoms. The molecule has 0 spiro atoms. The summed E-state index contributed by atoms with van der Waals surface area (Å²) in [5, 5.41) is 11.1. The third-order valence-corrected chi connectivity index (χ3v) is 2.70. The molecule has 1 aromatic carbocycles. The summed E-state index contributed by atoms with van der Waals surface area (Å²) in [6.45, 7) is 3.60. The molecule has 0 unspecified atom stereocenters. The van der Waals surface area contributed by atoms with Crippen LogP contribution >= 0.6 is 0 Å². The van der Waals surface area contributed by atoms with Gasteiger partial charge in [-0.25, -0.2) is 0 Å². The minimum atomic E-state index is -4.48. The van der Waals surface area contributed by atoms with Gasteiger partial charge in [0.1, 0.15) is 5.70 Å². The Morgan fingerprint density at radius 2 is 2.10 bits per heavy atom. The minimum absolute atomic E-state index is 0.237. The summed E-state index contributed by atoms with van der Waals surface area (Å²) in [5.41, 5.74) is 0.247. The van der Waals surface area contributed by atoms with Gasteiger partial charge in [0.2, 0.25) is 0 Å². The molecule has 1 N–H and O–H groups in total. The topological polar surface area (TPSA) is 35.8 Å². The van der Waals surface area contributed by atoms with Crippen molar-refractivity contribution in [2.24, 2.45) is 0 Å². The first kappa shape index (κ1) is 16.8. The normalized spacial score (nSPS) is 13.0. The molecule has 5 heteroatoms. The lowest BCUT2D eigenvalue weighted by Crippen LogP contribution is -2.19. The molecule has 0 saturated carbocycles. The van der Waals surface area contributed by atoms with Crippen LogP contribution in [0, 0.1) is 11.3 Å². The predicted molar refractivity (Wildman–Crippen MR) is 77.6 cm³/mol. The van der Waals surface area contributed by atoms with Crippen LogP contribution in [-0.2, 0) is 0 Å². The molecule has 1 aromatic rings. The van der Waals surface area contributed by atoms with Gasteiger partial charge in [-0.1, -0.05) is 31.1 Å². The molecule has 112 valence electrons. The number of hydrogen-bond acceptors (Lipinski definition) is 2. The van der Waals surface area contributed by atoms with Crippen molar-refractivity contribution in [3.63, 3.8) is 0 Å². The van der Waals surface area contributed by atoms with Gasteiger partial charge in [0.05, 0.1) is 11.6 Å². The van der Waals surface area contributed by atoms with Crippen LogP contribution in [0.5, 0.6) is 0 Å². The number of nitrogens with zero attached hydrogens (tertiary/aromatic N) is 1. The molecule has 0 aliphatic carbocycles. The Morgan fingerprint density at radius 1 is 1.38 bits per heavy atom. The SMILES string of the molecule is CCC/C=C(C)\C=C(/Nc1cccc(C#N)c1)C(F)(F)F. The predicted octanol–water partition coefficient (Wildman–Crippen LogP) is 5.16. The summed E-state index contributed by atoms with van der Waals surface area (Å²) in [6, 6.07) is 7.84. The quantitative estimate of drug-likeness (QED) is 0.761. The molecular weight excluding hydrogens is 277 g/mol. The highest BCUT2D eigenvalue weighted by Gasteiger charge is 2.33. The highest BCUT2D eigenvalue weighted by molar-refractivity contribution is 5.54. The lowest BCUT2D eigenvalue weighted by Gasteiger charge is -2.15. The van der Waals surface area contributed by atoms with E-state index in [0.29, 0.717) is 11.1 Å². The molecule has 0 atom stereocenters. The lowest BCUT2D eigenvalue weighted by molar-refractivity contribution is -0.0903. The maximum Gasteiger partial charge on any atom is 0.431 e. The highest BCUT2D eigenvalue weighted by Crippen LogP contribution is 2.28. The molecule has 0 aromatic heterocycles. The zero-order valence-corrected chi connectivity index (χ0v) is 12.0. The molecule has 0 amide bonds.